The SMILES string of the molecule is C.C[C@@H](O)[C@H]1C(=O)N[C@@H]1[C@@H](C)C(=O)C(=[N+]=[N-])C(=O)OCc1ccc([N+](=O)[O-])cc1.C[C@@H](O)[C@H]1C(=O)N[C@@H]1[C@@H](C)C(=O)CC(=O)OCc1ccc([N+](=O)[O-])cc1.II. The Labute approximate surface area is 349 Å². The summed E-state index contributed by atoms with van der Waals surface area (Å²) in [5, 5.41) is 45.5. The molecule has 0 spiro atoms. The summed E-state index contributed by atoms with van der Waals surface area (Å²) in [6, 6.07) is 9.53. The van der Waals surface area contributed by atoms with E-state index in [1.54, 1.807) is 6.92 Å². The van der Waals surface area contributed by atoms with E-state index in [0.29, 0.717) is 11.1 Å². The number of amides is 2. The van der Waals surface area contributed by atoms with Gasteiger partial charge in [-0.3, -0.25) is 44.2 Å². The smallest absolute Gasteiger partial charge is 0.441 e. The van der Waals surface area contributed by atoms with Gasteiger partial charge in [-0.2, -0.15) is 4.79 Å². The van der Waals surface area contributed by atoms with Gasteiger partial charge in [0.2, 0.25) is 11.8 Å². The summed E-state index contributed by atoms with van der Waals surface area (Å²) in [5.74, 6) is -6.92. The highest BCUT2D eigenvalue weighted by atomic mass is 128. The molecule has 2 saturated heterocycles. The maximum absolute atomic E-state index is 12.5. The van der Waals surface area contributed by atoms with Crippen molar-refractivity contribution >= 4 is 89.6 Å². The lowest BCUT2D eigenvalue weighted by atomic mass is 9.76. The molecule has 57 heavy (non-hydrogen) atoms. The Morgan fingerprint density at radius 1 is 0.772 bits per heavy atom. The van der Waals surface area contributed by atoms with Gasteiger partial charge in [0.15, 0.2) is 0 Å². The molecule has 2 heterocycles. The zero-order valence-corrected chi connectivity index (χ0v) is 34.5. The molecule has 2 aromatic rings. The van der Waals surface area contributed by atoms with Crippen LogP contribution in [0, 0.1) is 43.9 Å². The topological polar surface area (TPSA) is 308 Å². The number of ether oxygens (including phenoxy) is 2. The van der Waals surface area contributed by atoms with E-state index >= 15 is 0 Å². The largest absolute Gasteiger partial charge is 0.460 e. The first kappa shape index (κ1) is 50.2. The third kappa shape index (κ3) is 13.7. The fourth-order valence-electron chi connectivity index (χ4n) is 5.68. The van der Waals surface area contributed by atoms with Gasteiger partial charge in [0.05, 0.1) is 46.0 Å². The molecule has 22 heteroatoms. The summed E-state index contributed by atoms with van der Waals surface area (Å²) in [5.41, 5.74) is 9.00. The van der Waals surface area contributed by atoms with Crippen molar-refractivity contribution in [3.8, 4) is 0 Å². The van der Waals surface area contributed by atoms with Crippen LogP contribution in [-0.2, 0) is 51.5 Å². The molecule has 2 fully saturated rings. The van der Waals surface area contributed by atoms with Gasteiger partial charge in [0.1, 0.15) is 25.4 Å². The van der Waals surface area contributed by atoms with Gasteiger partial charge in [-0.25, -0.2) is 4.79 Å². The van der Waals surface area contributed by atoms with Crippen LogP contribution < -0.4 is 10.6 Å². The highest BCUT2D eigenvalue weighted by Crippen LogP contribution is 2.28. The molecule has 310 valence electrons. The van der Waals surface area contributed by atoms with E-state index in [0.717, 1.165) is 0 Å². The molecule has 4 N–H and O–H groups in total. The van der Waals surface area contributed by atoms with E-state index in [1.165, 1.54) is 69.3 Å². The molecular formula is C35H42I2N6O14. The Morgan fingerprint density at radius 3 is 1.51 bits per heavy atom. The molecule has 0 aliphatic carbocycles. The van der Waals surface area contributed by atoms with Crippen LogP contribution in [0.2, 0.25) is 0 Å². The van der Waals surface area contributed by atoms with Crippen molar-refractivity contribution in [2.75, 3.05) is 0 Å². The van der Waals surface area contributed by atoms with Crippen LogP contribution in [0.15, 0.2) is 48.5 Å². The van der Waals surface area contributed by atoms with Crippen LogP contribution in [0.3, 0.4) is 0 Å². The van der Waals surface area contributed by atoms with E-state index in [1.807, 2.05) is 0 Å². The quantitative estimate of drug-likeness (QED) is 0.0216. The number of aliphatic hydroxyl groups excluding tert-OH is 2. The van der Waals surface area contributed by atoms with Crippen molar-refractivity contribution in [1.82, 2.24) is 10.6 Å². The van der Waals surface area contributed by atoms with Crippen LogP contribution in [0.1, 0.15) is 52.7 Å². The minimum atomic E-state index is -1.18. The molecule has 2 aliphatic heterocycles. The number of esters is 2. The van der Waals surface area contributed by atoms with E-state index in [4.69, 9.17) is 15.0 Å². The number of non-ortho nitro benzene ring substituents is 2. The lowest BCUT2D eigenvalue weighted by Gasteiger charge is -2.41. The number of nitrogens with zero attached hydrogens (tertiary/aromatic N) is 4. The molecule has 20 nitrogen and oxygen atoms in total. The number of hydrogen-bond acceptors (Lipinski definition) is 14. The zero-order valence-electron chi connectivity index (χ0n) is 30.2. The Bertz CT molecular complexity index is 1850. The first-order valence-corrected chi connectivity index (χ1v) is 22.9. The molecule has 0 unspecified atom stereocenters. The molecule has 2 aromatic carbocycles. The first-order valence-electron chi connectivity index (χ1n) is 16.6. The van der Waals surface area contributed by atoms with Gasteiger partial charge in [0, 0.05) is 73.3 Å². The predicted octanol–water partition coefficient (Wildman–Crippen LogP) is 3.15. The number of β-lactam (4-membered cyclic amide) rings is 2. The van der Waals surface area contributed by atoms with Gasteiger partial charge in [0.25, 0.3) is 17.2 Å². The minimum Gasteiger partial charge on any atom is -0.460 e. The maximum Gasteiger partial charge on any atom is 0.441 e. The number of Topliss-reactive ketones (excluding diaryl/α,β-unsaturated/α-hetero) is 2. The number of rotatable bonds is 16. The number of carbonyl (C=O) groups is 6. The highest BCUT2D eigenvalue weighted by Gasteiger charge is 2.50. The second-order valence-corrected chi connectivity index (χ2v) is 12.7. The first-order chi connectivity index (χ1) is 26.4. The van der Waals surface area contributed by atoms with Crippen LogP contribution >= 0.6 is 37.2 Å². The Morgan fingerprint density at radius 2 is 1.16 bits per heavy atom. The van der Waals surface area contributed by atoms with E-state index in [2.05, 4.69) is 52.7 Å². The second kappa shape index (κ2) is 23.5. The lowest BCUT2D eigenvalue weighted by molar-refractivity contribution is -0.385. The Kier molecular flexibility index (Phi) is 20.7. The summed E-state index contributed by atoms with van der Waals surface area (Å²) in [4.78, 5) is 94.3. The number of ketones is 2. The number of aliphatic hydroxyl groups is 2. The second-order valence-electron chi connectivity index (χ2n) is 12.7. The zero-order chi connectivity index (χ0) is 42.4. The van der Waals surface area contributed by atoms with Crippen molar-refractivity contribution in [3.05, 3.63) is 85.4 Å². The van der Waals surface area contributed by atoms with Crippen LogP contribution in [0.25, 0.3) is 5.53 Å². The predicted molar refractivity (Wildman–Crippen MR) is 216 cm³/mol. The summed E-state index contributed by atoms with van der Waals surface area (Å²) in [6.07, 6.45) is -2.32. The van der Waals surface area contributed by atoms with Crippen LogP contribution in [-0.4, -0.2) is 90.2 Å². The van der Waals surface area contributed by atoms with Crippen molar-refractivity contribution in [2.24, 2.45) is 23.7 Å². The van der Waals surface area contributed by atoms with Crippen LogP contribution in [0.4, 0.5) is 11.4 Å². The van der Waals surface area contributed by atoms with Gasteiger partial charge >= 0.3 is 17.7 Å². The van der Waals surface area contributed by atoms with E-state index < -0.39 is 99.4 Å². The summed E-state index contributed by atoms with van der Waals surface area (Å²) in [6.45, 7) is 5.50. The van der Waals surface area contributed by atoms with E-state index in [-0.39, 0.29) is 37.9 Å². The van der Waals surface area contributed by atoms with Gasteiger partial charge in [-0.15, -0.1) is 0 Å². The molecule has 0 bridgehead atoms. The molecule has 2 amide bonds. The van der Waals surface area contributed by atoms with Crippen molar-refractivity contribution in [3.63, 3.8) is 0 Å². The summed E-state index contributed by atoms with van der Waals surface area (Å²) in [7, 11) is 0. The van der Waals surface area contributed by atoms with Crippen molar-refractivity contribution in [1.29, 1.82) is 0 Å². The van der Waals surface area contributed by atoms with Gasteiger partial charge in [-0.05, 0) is 49.2 Å². The Hall–Kier alpha value is -4.78. The number of benzene rings is 2. The molecule has 8 atom stereocenters. The van der Waals surface area contributed by atoms with E-state index in [9.17, 15) is 59.2 Å². The molecule has 0 radical (unpaired) electrons. The molecule has 0 saturated carbocycles. The number of nitrogens with one attached hydrogen (secondary N) is 2. The van der Waals surface area contributed by atoms with Gasteiger partial charge in [-0.1, -0.05) is 21.3 Å². The normalized spacial score (nSPS) is 19.6. The Balaban J connectivity index is 0.000000538. The summed E-state index contributed by atoms with van der Waals surface area (Å²) < 4.78 is 9.93. The van der Waals surface area contributed by atoms with Crippen molar-refractivity contribution < 1.29 is 63.1 Å². The maximum atomic E-state index is 12.5. The van der Waals surface area contributed by atoms with Crippen molar-refractivity contribution in [2.45, 2.75) is 79.0 Å². The van der Waals surface area contributed by atoms with Crippen LogP contribution in [0.5, 0.6) is 0 Å². The standard InChI is InChI=1S/C17H18N4O7.C17H20N2O7.CH4.I2/c1-8(13-12(9(2)22)16(24)19-13)15(23)14(20-18)17(25)28-7-10-3-5-11(6-4-10)21(26)27;1-9(16-15(10(2)20)17(23)18-16)13(21)7-14(22)26-8-11-3-5-12(6-4-11)19(24)25;;1-2/h3-6,8-9,12-13,22H,7H2,1-2H3,(H,19,24);3-6,9-10,15-16,20H,7-8H2,1-2H3,(H,18,23);1H4;/t8-,9-,12-,13-;9-,10+,15+,16+;;/m10../s1. The number of carbonyl (C=O) groups excluding carboxylic acids is 6. The fourth-order valence-corrected chi connectivity index (χ4v) is 5.68. The third-order valence-corrected chi connectivity index (χ3v) is 8.94. The van der Waals surface area contributed by atoms with Gasteiger partial charge < -0.3 is 35.9 Å². The number of nitro benzene ring substituents is 2. The monoisotopic (exact) mass is 1020 g/mol. The molecule has 4 rings (SSSR count). The average molecular weight is 1020 g/mol. The third-order valence-electron chi connectivity index (χ3n) is 8.94. The fraction of sp³-hybridized carbons (Fsp3) is 0.457. The number of halogens is 2. The molecule has 2 aliphatic rings. The molecule has 0 aromatic heterocycles. The minimum absolute atomic E-state index is 0. The number of hydrogen-bond donors (Lipinski definition) is 4. The summed E-state index contributed by atoms with van der Waals surface area (Å²) >= 11 is 4.24. The molecular weight excluding hydrogens is 982 g/mol. The average Bonchev–Trinajstić information content (AvgIpc) is 3.14. The number of nitro groups is 2. The highest BCUT2D eigenvalue weighted by molar-refractivity contribution is 15.0. The lowest BCUT2D eigenvalue weighted by Crippen LogP contribution is -2.66.